The Morgan fingerprint density at radius 1 is 1.00 bits per heavy atom. The summed E-state index contributed by atoms with van der Waals surface area (Å²) in [6, 6.07) is 16.1. The molecule has 2 aromatic carbocycles. The van der Waals surface area contributed by atoms with Crippen LogP contribution in [0.4, 0.5) is 0 Å². The van der Waals surface area contributed by atoms with Gasteiger partial charge in [0.1, 0.15) is 23.6 Å². The van der Waals surface area contributed by atoms with Crippen molar-refractivity contribution in [2.75, 3.05) is 20.8 Å². The molecule has 0 N–H and O–H groups in total. The first-order chi connectivity index (χ1) is 17.4. The fourth-order valence-electron chi connectivity index (χ4n) is 5.04. The van der Waals surface area contributed by atoms with Crippen molar-refractivity contribution < 1.29 is 23.8 Å². The lowest BCUT2D eigenvalue weighted by molar-refractivity contribution is -0.153. The molecule has 2 aromatic rings. The molecule has 0 aliphatic carbocycles. The van der Waals surface area contributed by atoms with Gasteiger partial charge in [0.15, 0.2) is 11.2 Å². The van der Waals surface area contributed by atoms with Gasteiger partial charge in [-0.1, -0.05) is 18.2 Å². The zero-order valence-electron chi connectivity index (χ0n) is 20.2. The molecule has 2 aliphatic heterocycles. The highest BCUT2D eigenvalue weighted by Crippen LogP contribution is 2.54. The topological polar surface area (TPSA) is 113 Å². The highest BCUT2D eigenvalue weighted by Gasteiger charge is 2.66. The lowest BCUT2D eigenvalue weighted by Gasteiger charge is -2.32. The Labute approximate surface area is 209 Å². The minimum atomic E-state index is -1.74. The van der Waals surface area contributed by atoms with Gasteiger partial charge < -0.3 is 19.1 Å². The Kier molecular flexibility index (Phi) is 6.80. The van der Waals surface area contributed by atoms with Gasteiger partial charge >= 0.3 is 5.97 Å². The number of allylic oxidation sites excluding steroid dienone is 2. The van der Waals surface area contributed by atoms with Gasteiger partial charge in [0.25, 0.3) is 0 Å². The van der Waals surface area contributed by atoms with Gasteiger partial charge in [-0.3, -0.25) is 9.59 Å². The predicted octanol–water partition coefficient (Wildman–Crippen LogP) is 3.77. The second kappa shape index (κ2) is 9.97. The summed E-state index contributed by atoms with van der Waals surface area (Å²) >= 11 is 0. The van der Waals surface area contributed by atoms with Crippen molar-refractivity contribution in [3.8, 4) is 23.6 Å². The third-order valence-corrected chi connectivity index (χ3v) is 6.71. The van der Waals surface area contributed by atoms with E-state index in [0.717, 1.165) is 0 Å². The van der Waals surface area contributed by atoms with Crippen LogP contribution in [0.2, 0.25) is 0 Å². The van der Waals surface area contributed by atoms with Crippen LogP contribution in [0.25, 0.3) is 0 Å². The molecule has 1 fully saturated rings. The summed E-state index contributed by atoms with van der Waals surface area (Å²) < 4.78 is 15.9. The van der Waals surface area contributed by atoms with E-state index in [9.17, 15) is 20.1 Å². The third-order valence-electron chi connectivity index (χ3n) is 6.71. The molecule has 0 amide bonds. The van der Waals surface area contributed by atoms with Crippen molar-refractivity contribution >= 4 is 11.8 Å². The lowest BCUT2D eigenvalue weighted by atomic mass is 9.68. The van der Waals surface area contributed by atoms with Gasteiger partial charge in [-0.25, -0.2) is 0 Å². The van der Waals surface area contributed by atoms with Gasteiger partial charge in [-0.05, 0) is 55.0 Å². The quantitative estimate of drug-likeness (QED) is 0.432. The largest absolute Gasteiger partial charge is 0.497 e. The number of esters is 1. The normalized spacial score (nSPS) is 24.1. The van der Waals surface area contributed by atoms with Crippen LogP contribution in [-0.4, -0.2) is 49.6 Å². The molecule has 36 heavy (non-hydrogen) atoms. The summed E-state index contributed by atoms with van der Waals surface area (Å²) in [7, 11) is 3.07. The fraction of sp³-hybridized carbons (Fsp3) is 0.286. The molecular weight excluding hydrogens is 458 g/mol. The number of Topliss-reactive ketones (excluding diaryl/α,β-unsaturated/α-hetero) is 1. The molecule has 8 nitrogen and oxygen atoms in total. The van der Waals surface area contributed by atoms with Crippen LogP contribution in [0, 0.1) is 28.1 Å². The zero-order valence-corrected chi connectivity index (χ0v) is 20.2. The maximum atomic E-state index is 14.1. The fourth-order valence-corrected chi connectivity index (χ4v) is 5.04. The number of ether oxygens (including phenoxy) is 3. The molecule has 0 saturated carbocycles. The molecule has 8 heteroatoms. The maximum Gasteiger partial charge on any atom is 0.329 e. The first-order valence-electron chi connectivity index (χ1n) is 11.4. The average molecular weight is 484 g/mol. The second-order valence-electron chi connectivity index (χ2n) is 8.44. The van der Waals surface area contributed by atoms with E-state index >= 15 is 0 Å². The monoisotopic (exact) mass is 483 g/mol. The molecule has 0 radical (unpaired) electrons. The van der Waals surface area contributed by atoms with Crippen LogP contribution >= 0.6 is 0 Å². The number of nitriles is 2. The summed E-state index contributed by atoms with van der Waals surface area (Å²) in [5.41, 5.74) is -0.445. The van der Waals surface area contributed by atoms with Crippen LogP contribution in [0.1, 0.15) is 28.8 Å². The predicted molar refractivity (Wildman–Crippen MR) is 130 cm³/mol. The molecular formula is C28H25N3O5. The molecule has 2 aliphatic rings. The van der Waals surface area contributed by atoms with Crippen molar-refractivity contribution in [2.24, 2.45) is 5.41 Å². The van der Waals surface area contributed by atoms with Gasteiger partial charge in [0, 0.05) is 17.7 Å². The van der Waals surface area contributed by atoms with Crippen LogP contribution in [0.3, 0.4) is 0 Å². The molecule has 4 rings (SSSR count). The Balaban J connectivity index is 1.96. The van der Waals surface area contributed by atoms with Crippen molar-refractivity contribution in [3.05, 3.63) is 83.6 Å². The minimum Gasteiger partial charge on any atom is -0.497 e. The van der Waals surface area contributed by atoms with Crippen LogP contribution in [0.5, 0.6) is 11.5 Å². The smallest absolute Gasteiger partial charge is 0.329 e. The molecule has 182 valence electrons. The van der Waals surface area contributed by atoms with E-state index in [0.29, 0.717) is 28.2 Å². The van der Waals surface area contributed by atoms with E-state index in [2.05, 4.69) is 12.1 Å². The zero-order chi connectivity index (χ0) is 25.9. The van der Waals surface area contributed by atoms with Gasteiger partial charge in [0.05, 0.1) is 38.5 Å². The molecule has 0 bridgehead atoms. The first-order valence-corrected chi connectivity index (χ1v) is 11.4. The number of carbonyl (C=O) groups excluding carboxylic acids is 2. The van der Waals surface area contributed by atoms with Gasteiger partial charge in [-0.15, -0.1) is 0 Å². The Morgan fingerprint density at radius 3 is 2.14 bits per heavy atom. The van der Waals surface area contributed by atoms with E-state index in [4.69, 9.17) is 14.2 Å². The van der Waals surface area contributed by atoms with Crippen LogP contribution < -0.4 is 9.47 Å². The summed E-state index contributed by atoms with van der Waals surface area (Å²) in [6.07, 6.45) is 4.75. The maximum absolute atomic E-state index is 14.1. The lowest BCUT2D eigenvalue weighted by Crippen LogP contribution is -2.45. The van der Waals surface area contributed by atoms with Crippen molar-refractivity contribution in [1.29, 1.82) is 10.5 Å². The van der Waals surface area contributed by atoms with Gasteiger partial charge in [0.2, 0.25) is 0 Å². The molecule has 0 aromatic heterocycles. The van der Waals surface area contributed by atoms with Crippen molar-refractivity contribution in [1.82, 2.24) is 4.90 Å². The molecule has 0 spiro atoms. The summed E-state index contributed by atoms with van der Waals surface area (Å²) in [4.78, 5) is 29.3. The highest BCUT2D eigenvalue weighted by molar-refractivity contribution is 6.03. The molecule has 4 unspecified atom stereocenters. The number of fused-ring (bicyclic) bond motifs is 1. The van der Waals surface area contributed by atoms with Crippen LogP contribution in [-0.2, 0) is 9.53 Å². The van der Waals surface area contributed by atoms with Crippen molar-refractivity contribution in [3.63, 3.8) is 0 Å². The van der Waals surface area contributed by atoms with Gasteiger partial charge in [-0.2, -0.15) is 10.5 Å². The first kappa shape index (κ1) is 24.6. The molecule has 2 heterocycles. The van der Waals surface area contributed by atoms with Crippen molar-refractivity contribution in [2.45, 2.75) is 24.9 Å². The van der Waals surface area contributed by atoms with E-state index in [-0.39, 0.29) is 12.4 Å². The van der Waals surface area contributed by atoms with E-state index < -0.39 is 29.4 Å². The number of benzene rings is 2. The number of methoxy groups -OCH3 is 2. The summed E-state index contributed by atoms with van der Waals surface area (Å²) in [5.74, 6) is -0.725. The number of hydrogen-bond donors (Lipinski definition) is 0. The Hall–Kier alpha value is -4.56. The summed E-state index contributed by atoms with van der Waals surface area (Å²) in [6.45, 7) is 1.74. The SMILES string of the molecule is CCOC(=O)C1(C#N)C(c2ccc(OC)cc2)C(C(=O)c2ccc(OC)cc2)N2C=C(C#N)C=CC21. The van der Waals surface area contributed by atoms with E-state index in [1.807, 2.05) is 0 Å². The number of hydrogen-bond acceptors (Lipinski definition) is 8. The van der Waals surface area contributed by atoms with E-state index in [1.165, 1.54) is 14.2 Å². The number of nitrogens with zero attached hydrogens (tertiary/aromatic N) is 3. The molecule has 4 atom stereocenters. The van der Waals surface area contributed by atoms with E-state index in [1.54, 1.807) is 78.7 Å². The number of ketones is 1. The number of carbonyl (C=O) groups is 2. The third kappa shape index (κ3) is 3.87. The molecule has 1 saturated heterocycles. The summed E-state index contributed by atoms with van der Waals surface area (Å²) in [5, 5.41) is 20.2. The number of rotatable bonds is 7. The average Bonchev–Trinajstić information content (AvgIpc) is 3.23. The highest BCUT2D eigenvalue weighted by atomic mass is 16.5. The Bertz CT molecular complexity index is 1300. The second-order valence-corrected chi connectivity index (χ2v) is 8.44. The minimum absolute atomic E-state index is 0.0738. The Morgan fingerprint density at radius 2 is 1.61 bits per heavy atom. The standard InChI is InChI=1S/C28H25N3O5/c1-4-36-27(33)28(17-30)23-14-5-18(15-29)16-31(23)25(24(28)19-6-10-21(34-2)11-7-19)26(32)20-8-12-22(35-3)13-9-20/h5-14,16,23-25H,4H2,1-3H3. The van der Waals surface area contributed by atoms with Crippen LogP contribution in [0.15, 0.2) is 72.5 Å².